The monoisotopic (exact) mass is 363 g/mol. The molecule has 1 aromatic heterocycles. The summed E-state index contributed by atoms with van der Waals surface area (Å²) < 4.78 is 5.90. The van der Waals surface area contributed by atoms with Crippen LogP contribution in [0.15, 0.2) is 40.5 Å². The Morgan fingerprint density at radius 2 is 2.08 bits per heavy atom. The maximum Gasteiger partial charge on any atom is 0.291 e. The molecule has 2 heterocycles. The number of rotatable bonds is 1. The first-order valence-electron chi connectivity index (χ1n) is 6.83. The van der Waals surface area contributed by atoms with Crippen LogP contribution < -0.4 is 16.0 Å². The van der Waals surface area contributed by atoms with Gasteiger partial charge in [0.15, 0.2) is 0 Å². The van der Waals surface area contributed by atoms with Gasteiger partial charge < -0.3 is 15.7 Å². The van der Waals surface area contributed by atoms with Gasteiger partial charge in [0.1, 0.15) is 17.4 Å². The Morgan fingerprint density at radius 1 is 1.38 bits per heavy atom. The van der Waals surface area contributed by atoms with E-state index >= 15 is 0 Å². The van der Waals surface area contributed by atoms with E-state index in [-0.39, 0.29) is 33.5 Å². The second-order valence-electron chi connectivity index (χ2n) is 5.27. The summed E-state index contributed by atoms with van der Waals surface area (Å²) >= 11 is 12.2. The summed E-state index contributed by atoms with van der Waals surface area (Å²) in [5, 5.41) is 20.1. The Bertz CT molecular complexity index is 989. The maximum absolute atomic E-state index is 12.6. The van der Waals surface area contributed by atoms with Crippen LogP contribution in [0.3, 0.4) is 0 Å². The first-order chi connectivity index (χ1) is 11.3. The number of hydrogen-bond acceptors (Lipinski definition) is 5. The Hall–Kier alpha value is -2.62. The minimum atomic E-state index is -0.866. The van der Waals surface area contributed by atoms with Crippen LogP contribution in [0.5, 0.6) is 5.75 Å². The molecule has 2 aromatic rings. The summed E-state index contributed by atoms with van der Waals surface area (Å²) in [5.41, 5.74) is 5.99. The number of pyridine rings is 1. The van der Waals surface area contributed by atoms with Crippen LogP contribution in [-0.4, -0.2) is 9.94 Å². The van der Waals surface area contributed by atoms with Crippen LogP contribution in [-0.2, 0) is 0 Å². The third-order valence-electron chi connectivity index (χ3n) is 3.82. The molecule has 3 rings (SSSR count). The van der Waals surface area contributed by atoms with Gasteiger partial charge >= 0.3 is 0 Å². The molecule has 0 saturated carbocycles. The van der Waals surface area contributed by atoms with Crippen molar-refractivity contribution in [2.75, 3.05) is 0 Å². The molecule has 0 spiro atoms. The molecule has 6 nitrogen and oxygen atoms in total. The van der Waals surface area contributed by atoms with Crippen molar-refractivity contribution in [2.24, 2.45) is 5.73 Å². The van der Waals surface area contributed by atoms with E-state index in [0.717, 1.165) is 0 Å². The van der Waals surface area contributed by atoms with Crippen molar-refractivity contribution in [1.29, 1.82) is 5.26 Å². The highest BCUT2D eigenvalue weighted by atomic mass is 35.5. The maximum atomic E-state index is 12.6. The third-order valence-corrected chi connectivity index (χ3v) is 4.38. The number of benzene rings is 1. The molecule has 1 aliphatic rings. The highest BCUT2D eigenvalue weighted by Gasteiger charge is 2.35. The molecular formula is C16H11Cl2N3O3. The number of nitriles is 1. The molecule has 0 aliphatic carbocycles. The van der Waals surface area contributed by atoms with Gasteiger partial charge in [0.25, 0.3) is 5.56 Å². The second kappa shape index (κ2) is 5.78. The molecule has 0 bridgehead atoms. The van der Waals surface area contributed by atoms with Crippen LogP contribution in [0.2, 0.25) is 10.0 Å². The van der Waals surface area contributed by atoms with Crippen LogP contribution >= 0.6 is 23.2 Å². The van der Waals surface area contributed by atoms with Crippen LogP contribution in [0, 0.1) is 18.3 Å². The number of aromatic nitrogens is 1. The summed E-state index contributed by atoms with van der Waals surface area (Å²) in [6.45, 7) is 1.54. The normalized spacial score (nSPS) is 16.3. The molecule has 0 unspecified atom stereocenters. The van der Waals surface area contributed by atoms with E-state index in [9.17, 15) is 15.3 Å². The fourth-order valence-electron chi connectivity index (χ4n) is 2.68. The zero-order chi connectivity index (χ0) is 17.6. The first-order valence-corrected chi connectivity index (χ1v) is 7.59. The summed E-state index contributed by atoms with van der Waals surface area (Å²) in [6, 6.07) is 8.12. The number of hydrogen-bond donors (Lipinski definition) is 2. The lowest BCUT2D eigenvalue weighted by molar-refractivity contribution is 0.165. The zero-order valence-corrected chi connectivity index (χ0v) is 13.9. The van der Waals surface area contributed by atoms with E-state index in [2.05, 4.69) is 0 Å². The third kappa shape index (κ3) is 2.39. The number of fused-ring (bicyclic) bond motifs is 1. The topological polar surface area (TPSA) is 101 Å². The molecule has 1 aromatic carbocycles. The van der Waals surface area contributed by atoms with E-state index in [1.54, 1.807) is 12.1 Å². The number of nitrogens with zero attached hydrogens (tertiary/aromatic N) is 2. The molecule has 0 radical (unpaired) electrons. The molecule has 0 fully saturated rings. The minimum Gasteiger partial charge on any atom is -0.440 e. The van der Waals surface area contributed by atoms with Gasteiger partial charge in [0.2, 0.25) is 5.88 Å². The van der Waals surface area contributed by atoms with Crippen molar-refractivity contribution in [3.63, 3.8) is 0 Å². The number of aryl methyl sites for hydroxylation is 1. The number of ether oxygens (including phenoxy) is 1. The van der Waals surface area contributed by atoms with E-state index in [1.165, 1.54) is 19.1 Å². The lowest BCUT2D eigenvalue weighted by Gasteiger charge is -2.26. The van der Waals surface area contributed by atoms with Gasteiger partial charge in [0.05, 0.1) is 17.2 Å². The molecule has 1 aliphatic heterocycles. The summed E-state index contributed by atoms with van der Waals surface area (Å²) in [5.74, 6) is -0.805. The van der Waals surface area contributed by atoms with Gasteiger partial charge in [-0.3, -0.25) is 4.79 Å². The van der Waals surface area contributed by atoms with Crippen LogP contribution in [0.1, 0.15) is 22.7 Å². The molecule has 3 N–H and O–H groups in total. The average Bonchev–Trinajstić information content (AvgIpc) is 2.52. The van der Waals surface area contributed by atoms with Crippen molar-refractivity contribution < 1.29 is 9.94 Å². The fourth-order valence-corrected chi connectivity index (χ4v) is 3.20. The molecule has 8 heteroatoms. The number of halogens is 2. The average molecular weight is 364 g/mol. The van der Waals surface area contributed by atoms with E-state index in [4.69, 9.17) is 33.7 Å². The van der Waals surface area contributed by atoms with Gasteiger partial charge in [-0.15, -0.1) is 0 Å². The fraction of sp³-hybridized carbons (Fsp3) is 0.125. The minimum absolute atomic E-state index is 0.0349. The van der Waals surface area contributed by atoms with Gasteiger partial charge in [-0.05, 0) is 24.6 Å². The van der Waals surface area contributed by atoms with Crippen molar-refractivity contribution in [3.8, 4) is 11.8 Å². The van der Waals surface area contributed by atoms with Crippen molar-refractivity contribution in [3.05, 3.63) is 72.9 Å². The Morgan fingerprint density at radius 3 is 2.71 bits per heavy atom. The highest BCUT2D eigenvalue weighted by Crippen LogP contribution is 2.43. The van der Waals surface area contributed by atoms with Gasteiger partial charge in [-0.25, -0.2) is 0 Å². The molecule has 122 valence electrons. The highest BCUT2D eigenvalue weighted by molar-refractivity contribution is 6.35. The van der Waals surface area contributed by atoms with Crippen molar-refractivity contribution in [1.82, 2.24) is 4.73 Å². The van der Waals surface area contributed by atoms with Crippen molar-refractivity contribution >= 4 is 23.2 Å². The summed E-state index contributed by atoms with van der Waals surface area (Å²) in [4.78, 5) is 12.6. The Labute approximate surface area is 146 Å². The summed E-state index contributed by atoms with van der Waals surface area (Å²) in [7, 11) is 0. The van der Waals surface area contributed by atoms with Crippen LogP contribution in [0.4, 0.5) is 0 Å². The summed E-state index contributed by atoms with van der Waals surface area (Å²) in [6.07, 6.45) is 0. The number of allylic oxidation sites excluding steroid dienone is 1. The SMILES string of the molecule is Cc1cc2c(c(=O)n1O)[C@H](c1ccc(Cl)cc1Cl)C(C#N)=C(N)O2. The Balaban J connectivity index is 2.38. The Kier molecular flexibility index (Phi) is 3.91. The zero-order valence-electron chi connectivity index (χ0n) is 12.4. The predicted octanol–water partition coefficient (Wildman–Crippen LogP) is 2.92. The second-order valence-corrected chi connectivity index (χ2v) is 6.11. The van der Waals surface area contributed by atoms with Gasteiger partial charge in [0, 0.05) is 16.1 Å². The number of nitrogens with two attached hydrogens (primary N) is 1. The van der Waals surface area contributed by atoms with E-state index < -0.39 is 11.5 Å². The smallest absolute Gasteiger partial charge is 0.291 e. The largest absolute Gasteiger partial charge is 0.440 e. The lowest BCUT2D eigenvalue weighted by Crippen LogP contribution is -2.32. The predicted molar refractivity (Wildman–Crippen MR) is 88.4 cm³/mol. The molecule has 0 amide bonds. The molecule has 0 saturated heterocycles. The lowest BCUT2D eigenvalue weighted by atomic mass is 9.84. The molecule has 24 heavy (non-hydrogen) atoms. The standard InChI is InChI=1S/C16H11Cl2N3O3/c1-7-4-12-14(16(22)21(7)23)13(10(6-19)15(20)24-12)9-3-2-8(17)5-11(9)18/h2-5,13,23H,20H2,1H3/t13-/m1/s1. The first kappa shape index (κ1) is 16.2. The van der Waals surface area contributed by atoms with Gasteiger partial charge in [-0.2, -0.15) is 9.99 Å². The molecule has 1 atom stereocenters. The molecular weight excluding hydrogens is 353 g/mol. The van der Waals surface area contributed by atoms with Gasteiger partial charge in [-0.1, -0.05) is 29.3 Å². The van der Waals surface area contributed by atoms with E-state index in [0.29, 0.717) is 15.3 Å². The quantitative estimate of drug-likeness (QED) is 0.758. The van der Waals surface area contributed by atoms with Crippen molar-refractivity contribution in [2.45, 2.75) is 12.8 Å². The van der Waals surface area contributed by atoms with E-state index in [1.807, 2.05) is 6.07 Å². The van der Waals surface area contributed by atoms with Crippen LogP contribution in [0.25, 0.3) is 0 Å².